The van der Waals surface area contributed by atoms with E-state index in [0.717, 1.165) is 0 Å². The summed E-state index contributed by atoms with van der Waals surface area (Å²) < 4.78 is 7.02. The second-order valence-electron chi connectivity index (χ2n) is 4.43. The molecule has 8 heteroatoms. The average Bonchev–Trinajstić information content (AvgIpc) is 2.58. The lowest BCUT2D eigenvalue weighted by molar-refractivity contribution is 0.0694. The summed E-state index contributed by atoms with van der Waals surface area (Å²) in [5.41, 5.74) is -0.289. The van der Waals surface area contributed by atoms with Crippen LogP contribution in [0.25, 0.3) is 11.4 Å². The van der Waals surface area contributed by atoms with E-state index in [9.17, 15) is 14.7 Å². The lowest BCUT2D eigenvalue weighted by Gasteiger charge is -2.10. The van der Waals surface area contributed by atoms with Crippen LogP contribution >= 0.6 is 11.6 Å². The highest BCUT2D eigenvalue weighted by molar-refractivity contribution is 6.31. The van der Waals surface area contributed by atoms with Gasteiger partial charge in [-0.25, -0.2) is 9.78 Å². The Morgan fingerprint density at radius 1 is 1.43 bits per heavy atom. The number of aromatic hydroxyl groups is 1. The molecule has 2 aromatic rings. The van der Waals surface area contributed by atoms with Crippen LogP contribution in [0.15, 0.2) is 23.1 Å². The van der Waals surface area contributed by atoms with Gasteiger partial charge in [-0.2, -0.15) is 0 Å². The number of carboxylic acids is 1. The third kappa shape index (κ3) is 2.21. The number of pyridine rings is 2. The minimum Gasteiger partial charge on any atom is -0.505 e. The van der Waals surface area contributed by atoms with E-state index in [1.165, 1.54) is 18.3 Å². The molecule has 1 aliphatic heterocycles. The van der Waals surface area contributed by atoms with Gasteiger partial charge in [0.2, 0.25) is 0 Å². The number of hydrogen-bond donors (Lipinski definition) is 2. The zero-order valence-electron chi connectivity index (χ0n) is 10.5. The van der Waals surface area contributed by atoms with Crippen LogP contribution in [0.2, 0.25) is 5.15 Å². The minimum atomic E-state index is -1.29. The standard InChI is InChI=1S/C13H9ClN2O5/c14-12-9(18)4-10-11(15-12)7-3-8(17)6(13(19)20)5-16(7)1-2-21-10/h3-5,18H,1-2H2,(H,19,20). The van der Waals surface area contributed by atoms with Crippen LogP contribution in [0.4, 0.5) is 0 Å². The van der Waals surface area contributed by atoms with Crippen molar-refractivity contribution in [3.05, 3.63) is 39.3 Å². The Hall–Kier alpha value is -2.54. The molecule has 0 spiro atoms. The number of fused-ring (bicyclic) bond motifs is 3. The molecular formula is C13H9ClN2O5. The zero-order valence-corrected chi connectivity index (χ0v) is 11.3. The highest BCUT2D eigenvalue weighted by Gasteiger charge is 2.21. The Labute approximate surface area is 123 Å². The number of rotatable bonds is 1. The highest BCUT2D eigenvalue weighted by Crippen LogP contribution is 2.36. The Kier molecular flexibility index (Phi) is 3.06. The number of hydrogen-bond acceptors (Lipinski definition) is 5. The maximum atomic E-state index is 11.9. The van der Waals surface area contributed by atoms with Crippen molar-refractivity contribution in [2.75, 3.05) is 6.61 Å². The van der Waals surface area contributed by atoms with E-state index >= 15 is 0 Å². The molecule has 0 aliphatic carbocycles. The molecule has 0 unspecified atom stereocenters. The maximum Gasteiger partial charge on any atom is 0.341 e. The predicted octanol–water partition coefficient (Wildman–Crippen LogP) is 1.36. The Morgan fingerprint density at radius 2 is 2.19 bits per heavy atom. The van der Waals surface area contributed by atoms with Crippen molar-refractivity contribution in [1.29, 1.82) is 0 Å². The van der Waals surface area contributed by atoms with Crippen LogP contribution in [-0.2, 0) is 6.54 Å². The third-order valence-corrected chi connectivity index (χ3v) is 3.39. The maximum absolute atomic E-state index is 11.9. The smallest absolute Gasteiger partial charge is 0.341 e. The largest absolute Gasteiger partial charge is 0.505 e. The molecule has 3 heterocycles. The van der Waals surface area contributed by atoms with Crippen molar-refractivity contribution in [2.24, 2.45) is 0 Å². The molecule has 7 nitrogen and oxygen atoms in total. The first-order chi connectivity index (χ1) is 9.97. The first kappa shape index (κ1) is 13.4. The Balaban J connectivity index is 2.30. The molecule has 0 saturated carbocycles. The fourth-order valence-corrected chi connectivity index (χ4v) is 2.27. The first-order valence-electron chi connectivity index (χ1n) is 5.98. The molecular weight excluding hydrogens is 300 g/mol. The zero-order chi connectivity index (χ0) is 15.1. The van der Waals surface area contributed by atoms with Gasteiger partial charge in [-0.15, -0.1) is 0 Å². The van der Waals surface area contributed by atoms with E-state index in [1.807, 2.05) is 0 Å². The topological polar surface area (TPSA) is 102 Å². The van der Waals surface area contributed by atoms with Crippen molar-refractivity contribution in [2.45, 2.75) is 6.54 Å². The number of aromatic carboxylic acids is 1. The number of halogens is 1. The molecule has 0 amide bonds. The van der Waals surface area contributed by atoms with Crippen LogP contribution in [0.5, 0.6) is 11.5 Å². The van der Waals surface area contributed by atoms with E-state index in [4.69, 9.17) is 21.4 Å². The van der Waals surface area contributed by atoms with E-state index in [1.54, 1.807) is 4.57 Å². The molecule has 0 aromatic carbocycles. The van der Waals surface area contributed by atoms with Gasteiger partial charge in [-0.3, -0.25) is 4.79 Å². The van der Waals surface area contributed by atoms with Crippen LogP contribution < -0.4 is 10.2 Å². The fourth-order valence-electron chi connectivity index (χ4n) is 2.13. The lowest BCUT2D eigenvalue weighted by Crippen LogP contribution is -2.19. The predicted molar refractivity (Wildman–Crippen MR) is 73.1 cm³/mol. The summed E-state index contributed by atoms with van der Waals surface area (Å²) in [5, 5.41) is 18.4. The average molecular weight is 309 g/mol. The summed E-state index contributed by atoms with van der Waals surface area (Å²) in [6, 6.07) is 2.49. The normalized spacial score (nSPS) is 12.8. The Morgan fingerprint density at radius 3 is 2.90 bits per heavy atom. The molecule has 0 atom stereocenters. The molecule has 3 rings (SSSR count). The summed E-state index contributed by atoms with van der Waals surface area (Å²) in [7, 11) is 0. The summed E-state index contributed by atoms with van der Waals surface area (Å²) in [6.45, 7) is 0.579. The third-order valence-electron chi connectivity index (χ3n) is 3.11. The molecule has 2 aromatic heterocycles. The molecule has 1 aliphatic rings. The van der Waals surface area contributed by atoms with Crippen molar-refractivity contribution < 1.29 is 19.7 Å². The Bertz CT molecular complexity index is 815. The monoisotopic (exact) mass is 308 g/mol. The van der Waals surface area contributed by atoms with Crippen molar-refractivity contribution in [3.8, 4) is 22.9 Å². The molecule has 21 heavy (non-hydrogen) atoms. The van der Waals surface area contributed by atoms with E-state index in [2.05, 4.69) is 4.98 Å². The molecule has 0 saturated heterocycles. The summed E-state index contributed by atoms with van der Waals surface area (Å²) in [6.07, 6.45) is 1.25. The van der Waals surface area contributed by atoms with E-state index < -0.39 is 11.4 Å². The SMILES string of the molecule is O=C(O)c1cn2c(cc1=O)-c1nc(Cl)c(O)cc1OCC2. The van der Waals surface area contributed by atoms with E-state index in [-0.39, 0.29) is 34.5 Å². The fraction of sp³-hybridized carbons (Fsp3) is 0.154. The van der Waals surface area contributed by atoms with Crippen LogP contribution in [-0.4, -0.2) is 32.3 Å². The van der Waals surface area contributed by atoms with Gasteiger partial charge in [-0.1, -0.05) is 11.6 Å². The van der Waals surface area contributed by atoms with Gasteiger partial charge in [0.1, 0.15) is 17.9 Å². The van der Waals surface area contributed by atoms with Gasteiger partial charge < -0.3 is 19.5 Å². The molecule has 0 fully saturated rings. The van der Waals surface area contributed by atoms with Gasteiger partial charge in [0.25, 0.3) is 0 Å². The first-order valence-corrected chi connectivity index (χ1v) is 6.35. The molecule has 0 bridgehead atoms. The van der Waals surface area contributed by atoms with Crippen molar-refractivity contribution in [1.82, 2.24) is 9.55 Å². The number of ether oxygens (including phenoxy) is 1. The van der Waals surface area contributed by atoms with Crippen molar-refractivity contribution >= 4 is 17.6 Å². The van der Waals surface area contributed by atoms with Crippen LogP contribution in [0.1, 0.15) is 10.4 Å². The number of aromatic nitrogens is 2. The number of carbonyl (C=O) groups is 1. The second kappa shape index (κ2) is 4.78. The van der Waals surface area contributed by atoms with Gasteiger partial charge in [0, 0.05) is 18.3 Å². The summed E-state index contributed by atoms with van der Waals surface area (Å²) in [4.78, 5) is 26.9. The second-order valence-corrected chi connectivity index (χ2v) is 4.79. The van der Waals surface area contributed by atoms with Gasteiger partial charge >= 0.3 is 5.97 Å². The number of carboxylic acid groups (broad SMARTS) is 1. The number of nitrogens with zero attached hydrogens (tertiary/aromatic N) is 2. The summed E-state index contributed by atoms with van der Waals surface area (Å²) >= 11 is 5.79. The highest BCUT2D eigenvalue weighted by atomic mass is 35.5. The minimum absolute atomic E-state index is 0.124. The van der Waals surface area contributed by atoms with Gasteiger partial charge in [-0.05, 0) is 0 Å². The quantitative estimate of drug-likeness (QED) is 0.771. The van der Waals surface area contributed by atoms with Crippen molar-refractivity contribution in [3.63, 3.8) is 0 Å². The molecule has 0 radical (unpaired) electrons. The van der Waals surface area contributed by atoms with Crippen LogP contribution in [0, 0.1) is 0 Å². The van der Waals surface area contributed by atoms with Gasteiger partial charge in [0.05, 0.1) is 12.2 Å². The summed E-state index contributed by atoms with van der Waals surface area (Å²) in [5.74, 6) is -1.24. The lowest BCUT2D eigenvalue weighted by atomic mass is 10.1. The van der Waals surface area contributed by atoms with Gasteiger partial charge in [0.15, 0.2) is 22.1 Å². The molecule has 2 N–H and O–H groups in total. The van der Waals surface area contributed by atoms with Crippen LogP contribution in [0.3, 0.4) is 0 Å². The molecule has 108 valence electrons. The van der Waals surface area contributed by atoms with E-state index in [0.29, 0.717) is 12.2 Å².